The van der Waals surface area contributed by atoms with Gasteiger partial charge in [0.25, 0.3) is 0 Å². The van der Waals surface area contributed by atoms with Crippen LogP contribution >= 0.6 is 7.82 Å². The van der Waals surface area contributed by atoms with Gasteiger partial charge in [0.15, 0.2) is 6.10 Å². The van der Waals surface area contributed by atoms with E-state index in [0.29, 0.717) is 19.3 Å². The lowest BCUT2D eigenvalue weighted by molar-refractivity contribution is -0.161. The maximum absolute atomic E-state index is 12.6. The fraction of sp³-hybridized carbons (Fsp3) is 0.636. The molecule has 0 radical (unpaired) electrons. The largest absolute Gasteiger partial charge is 0.472 e. The molecule has 0 spiro atoms. The molecule has 3 atom stereocenters. The molecular formula is C44H73O10P. The van der Waals surface area contributed by atoms with E-state index in [1.165, 1.54) is 38.5 Å². The summed E-state index contributed by atoms with van der Waals surface area (Å²) >= 11 is 0. The lowest BCUT2D eigenvalue weighted by Crippen LogP contribution is -2.29. The Kier molecular flexibility index (Phi) is 37.3. The smallest absolute Gasteiger partial charge is 0.462 e. The lowest BCUT2D eigenvalue weighted by Gasteiger charge is -2.20. The quantitative estimate of drug-likeness (QED) is 0.0240. The van der Waals surface area contributed by atoms with Crippen molar-refractivity contribution >= 4 is 19.8 Å². The number of aliphatic hydroxyl groups excluding tert-OH is 2. The second-order valence-electron chi connectivity index (χ2n) is 13.3. The molecule has 0 aromatic rings. The molecule has 0 aliphatic carbocycles. The van der Waals surface area contributed by atoms with Crippen molar-refractivity contribution in [3.05, 3.63) is 85.1 Å². The zero-order chi connectivity index (χ0) is 40.5. The zero-order valence-corrected chi connectivity index (χ0v) is 34.7. The molecule has 0 aliphatic heterocycles. The number of hydrogen-bond donors (Lipinski definition) is 3. The van der Waals surface area contributed by atoms with Gasteiger partial charge in [-0.05, 0) is 83.5 Å². The molecule has 0 heterocycles. The van der Waals surface area contributed by atoms with Gasteiger partial charge in [-0.2, -0.15) is 0 Å². The van der Waals surface area contributed by atoms with Crippen LogP contribution in [0, 0.1) is 0 Å². The Morgan fingerprint density at radius 3 is 1.56 bits per heavy atom. The number of esters is 2. The molecule has 0 aromatic heterocycles. The Hall–Kier alpha value is -2.85. The van der Waals surface area contributed by atoms with Crippen LogP contribution in [-0.4, -0.2) is 65.7 Å². The van der Waals surface area contributed by atoms with E-state index in [1.807, 2.05) is 12.2 Å². The van der Waals surface area contributed by atoms with Crippen LogP contribution in [0.1, 0.15) is 142 Å². The number of unbranched alkanes of at least 4 members (excludes halogenated alkanes) is 9. The molecule has 0 rings (SSSR count). The Balaban J connectivity index is 4.51. The van der Waals surface area contributed by atoms with Gasteiger partial charge >= 0.3 is 19.8 Å². The van der Waals surface area contributed by atoms with Crippen molar-refractivity contribution in [3.63, 3.8) is 0 Å². The minimum Gasteiger partial charge on any atom is -0.462 e. The van der Waals surface area contributed by atoms with Gasteiger partial charge in [0.1, 0.15) is 12.7 Å². The third-order valence-corrected chi connectivity index (χ3v) is 8.98. The number of allylic oxidation sites excluding steroid dienone is 14. The predicted octanol–water partition coefficient (Wildman–Crippen LogP) is 10.7. The average Bonchev–Trinajstić information content (AvgIpc) is 3.17. The van der Waals surface area contributed by atoms with E-state index >= 15 is 0 Å². The van der Waals surface area contributed by atoms with Crippen molar-refractivity contribution < 1.29 is 47.8 Å². The second-order valence-corrected chi connectivity index (χ2v) is 14.7. The van der Waals surface area contributed by atoms with Crippen molar-refractivity contribution in [2.45, 2.75) is 154 Å². The average molecular weight is 793 g/mol. The Bertz CT molecular complexity index is 1190. The monoisotopic (exact) mass is 792 g/mol. The Morgan fingerprint density at radius 1 is 0.564 bits per heavy atom. The highest BCUT2D eigenvalue weighted by Gasteiger charge is 2.27. The molecule has 0 fully saturated rings. The molecule has 11 heteroatoms. The van der Waals surface area contributed by atoms with E-state index in [9.17, 15) is 24.2 Å². The second kappa shape index (κ2) is 39.4. The van der Waals surface area contributed by atoms with Crippen LogP contribution in [0.25, 0.3) is 0 Å². The van der Waals surface area contributed by atoms with Crippen LogP contribution in [0.5, 0.6) is 0 Å². The van der Waals surface area contributed by atoms with Gasteiger partial charge in [0.2, 0.25) is 0 Å². The summed E-state index contributed by atoms with van der Waals surface area (Å²) in [5, 5.41) is 18.3. The molecule has 3 N–H and O–H groups in total. The van der Waals surface area contributed by atoms with E-state index in [4.69, 9.17) is 19.1 Å². The molecule has 1 unspecified atom stereocenters. The van der Waals surface area contributed by atoms with E-state index in [2.05, 4.69) is 91.3 Å². The lowest BCUT2D eigenvalue weighted by atomic mass is 10.1. The van der Waals surface area contributed by atoms with E-state index < -0.39 is 51.8 Å². The van der Waals surface area contributed by atoms with Gasteiger partial charge in [-0.15, -0.1) is 0 Å². The standard InChI is InChI=1S/C44H73O10P/c1-3-5-7-9-11-13-15-17-19-20-22-24-26-28-30-32-34-36-44(48)54-42(40-53-55(49,50)52-38-41(46)37-45)39-51-43(47)35-33-31-29-27-25-23-21-18-16-14-12-10-8-6-4-2/h5,7,11,13,17-19,21-22,24-25,27-28,30,41-42,45-46H,3-4,6,8-10,12,14-16,20,23,26,29,31-40H2,1-2H3,(H,49,50)/b7-5+,13-11+,19-17+,21-18+,24-22+,27-25+,30-28+/t41-,42+/m0/s1. The van der Waals surface area contributed by atoms with Crippen molar-refractivity contribution in [3.8, 4) is 0 Å². The minimum atomic E-state index is -4.64. The fourth-order valence-corrected chi connectivity index (χ4v) is 5.67. The summed E-state index contributed by atoms with van der Waals surface area (Å²) in [4.78, 5) is 34.9. The van der Waals surface area contributed by atoms with Crippen LogP contribution in [-0.2, 0) is 32.7 Å². The van der Waals surface area contributed by atoms with E-state index in [0.717, 1.165) is 57.8 Å². The number of phosphoric acid groups is 1. The molecule has 0 saturated heterocycles. The van der Waals surface area contributed by atoms with Gasteiger partial charge in [0.05, 0.1) is 19.8 Å². The molecule has 0 bridgehead atoms. The Labute approximate surface area is 332 Å². The highest BCUT2D eigenvalue weighted by Crippen LogP contribution is 2.43. The van der Waals surface area contributed by atoms with Crippen molar-refractivity contribution in [2.75, 3.05) is 26.4 Å². The van der Waals surface area contributed by atoms with Crippen LogP contribution < -0.4 is 0 Å². The van der Waals surface area contributed by atoms with Crippen LogP contribution in [0.4, 0.5) is 0 Å². The maximum atomic E-state index is 12.6. The van der Waals surface area contributed by atoms with Crippen molar-refractivity contribution in [1.29, 1.82) is 0 Å². The molecule has 0 aromatic carbocycles. The highest BCUT2D eigenvalue weighted by atomic mass is 31.2. The molecule has 0 amide bonds. The summed E-state index contributed by atoms with van der Waals surface area (Å²) < 4.78 is 32.6. The predicted molar refractivity (Wildman–Crippen MR) is 223 cm³/mol. The maximum Gasteiger partial charge on any atom is 0.472 e. The van der Waals surface area contributed by atoms with Crippen molar-refractivity contribution in [1.82, 2.24) is 0 Å². The van der Waals surface area contributed by atoms with E-state index in [1.54, 1.807) is 0 Å². The molecule has 0 aliphatic rings. The van der Waals surface area contributed by atoms with Gasteiger partial charge < -0.3 is 24.6 Å². The SMILES string of the molecule is CC/C=C/C/C=C/C/C=C/C/C=C/C/C=C/CCCC(=O)O[C@H](COC(=O)CCCC/C=C/C/C=C/CCCCCCCC)COP(=O)(O)OC[C@@H](O)CO. The van der Waals surface area contributed by atoms with Gasteiger partial charge in [0, 0.05) is 12.8 Å². The number of phosphoric ester groups is 1. The summed E-state index contributed by atoms with van der Waals surface area (Å²) in [5.74, 6) is -1.04. The molecule has 10 nitrogen and oxygen atoms in total. The number of aliphatic hydroxyl groups is 2. The van der Waals surface area contributed by atoms with Crippen LogP contribution in [0.3, 0.4) is 0 Å². The summed E-state index contributed by atoms with van der Waals surface area (Å²) in [6.45, 7) is 2.13. The topological polar surface area (TPSA) is 149 Å². The first-order valence-electron chi connectivity index (χ1n) is 20.5. The summed E-state index contributed by atoms with van der Waals surface area (Å²) in [6, 6.07) is 0. The summed E-state index contributed by atoms with van der Waals surface area (Å²) in [7, 11) is -4.64. The summed E-state index contributed by atoms with van der Waals surface area (Å²) in [5.41, 5.74) is 0. The summed E-state index contributed by atoms with van der Waals surface area (Å²) in [6.07, 6.45) is 45.6. The van der Waals surface area contributed by atoms with Crippen LogP contribution in [0.15, 0.2) is 85.1 Å². The molecule has 0 saturated carbocycles. The van der Waals surface area contributed by atoms with Crippen molar-refractivity contribution in [2.24, 2.45) is 0 Å². The first kappa shape index (κ1) is 52.2. The highest BCUT2D eigenvalue weighted by molar-refractivity contribution is 7.47. The minimum absolute atomic E-state index is 0.0944. The number of ether oxygens (including phenoxy) is 2. The van der Waals surface area contributed by atoms with Gasteiger partial charge in [-0.3, -0.25) is 18.6 Å². The van der Waals surface area contributed by atoms with Gasteiger partial charge in [-0.25, -0.2) is 4.57 Å². The van der Waals surface area contributed by atoms with Gasteiger partial charge in [-0.1, -0.05) is 131 Å². The molecular weight excluding hydrogens is 719 g/mol. The van der Waals surface area contributed by atoms with E-state index in [-0.39, 0.29) is 19.4 Å². The number of carbonyl (C=O) groups excluding carboxylic acids is 2. The third kappa shape index (κ3) is 39.2. The third-order valence-electron chi connectivity index (χ3n) is 8.03. The first-order valence-corrected chi connectivity index (χ1v) is 22.0. The number of carbonyl (C=O) groups is 2. The Morgan fingerprint density at radius 2 is 1.02 bits per heavy atom. The van der Waals surface area contributed by atoms with Crippen LogP contribution in [0.2, 0.25) is 0 Å². The molecule has 314 valence electrons. The number of rotatable bonds is 37. The molecule has 55 heavy (non-hydrogen) atoms. The fourth-order valence-electron chi connectivity index (χ4n) is 4.88. The number of hydrogen-bond acceptors (Lipinski definition) is 9. The zero-order valence-electron chi connectivity index (χ0n) is 33.9. The first-order chi connectivity index (χ1) is 26.7. The normalized spacial score (nSPS) is 14.8.